The first-order valence-electron chi connectivity index (χ1n) is 7.65. The molecule has 0 aliphatic carbocycles. The largest absolute Gasteiger partial charge is 0.325 e. The zero-order valence-electron chi connectivity index (χ0n) is 12.8. The molecule has 2 aliphatic rings. The van der Waals surface area contributed by atoms with E-state index in [0.717, 1.165) is 30.8 Å². The number of hydrogen-bond donors (Lipinski definition) is 2. The average Bonchev–Trinajstić information content (AvgIpc) is 2.78. The number of likely N-dealkylation sites (tertiary alicyclic amines) is 1. The topological polar surface area (TPSA) is 44.4 Å². The van der Waals surface area contributed by atoms with Crippen molar-refractivity contribution in [3.8, 4) is 0 Å². The van der Waals surface area contributed by atoms with Crippen molar-refractivity contribution in [3.05, 3.63) is 28.8 Å². The number of carbonyl (C=O) groups is 1. The lowest BCUT2D eigenvalue weighted by Crippen LogP contribution is -2.39. The Bertz CT molecular complexity index is 538. The molecule has 2 unspecified atom stereocenters. The van der Waals surface area contributed by atoms with E-state index in [2.05, 4.69) is 15.5 Å². The van der Waals surface area contributed by atoms with Gasteiger partial charge in [-0.1, -0.05) is 17.7 Å². The zero-order chi connectivity index (χ0) is 14.8. The van der Waals surface area contributed by atoms with E-state index in [0.29, 0.717) is 23.7 Å². The van der Waals surface area contributed by atoms with Crippen LogP contribution in [0.2, 0.25) is 5.02 Å². The van der Waals surface area contributed by atoms with E-state index >= 15 is 0 Å². The summed E-state index contributed by atoms with van der Waals surface area (Å²) in [5.74, 6) is 0.0399. The minimum Gasteiger partial charge on any atom is -0.325 e. The summed E-state index contributed by atoms with van der Waals surface area (Å²) in [4.78, 5) is 14.5. The Hall–Kier alpha value is -0.810. The molecule has 1 aromatic rings. The van der Waals surface area contributed by atoms with Gasteiger partial charge in [-0.15, -0.1) is 12.4 Å². The normalized spacial score (nSPS) is 24.5. The van der Waals surface area contributed by atoms with Gasteiger partial charge in [0, 0.05) is 35.9 Å². The van der Waals surface area contributed by atoms with Crippen LogP contribution in [0.4, 0.5) is 5.69 Å². The maximum Gasteiger partial charge on any atom is 0.238 e. The molecule has 1 amide bonds. The van der Waals surface area contributed by atoms with E-state index in [1.54, 1.807) is 0 Å². The van der Waals surface area contributed by atoms with Gasteiger partial charge in [-0.25, -0.2) is 0 Å². The van der Waals surface area contributed by atoms with Gasteiger partial charge in [0.2, 0.25) is 5.91 Å². The van der Waals surface area contributed by atoms with Crippen LogP contribution in [0, 0.1) is 6.92 Å². The Kier molecular flexibility index (Phi) is 6.09. The first kappa shape index (κ1) is 17.5. The highest BCUT2D eigenvalue weighted by Crippen LogP contribution is 2.23. The van der Waals surface area contributed by atoms with Gasteiger partial charge >= 0.3 is 0 Å². The van der Waals surface area contributed by atoms with Crippen molar-refractivity contribution >= 4 is 35.6 Å². The molecule has 2 bridgehead atoms. The minimum atomic E-state index is 0. The predicted octanol–water partition coefficient (Wildman–Crippen LogP) is 2.84. The van der Waals surface area contributed by atoms with E-state index in [-0.39, 0.29) is 18.3 Å². The molecule has 6 heteroatoms. The van der Waals surface area contributed by atoms with Crippen LogP contribution in [0.1, 0.15) is 24.8 Å². The highest BCUT2D eigenvalue weighted by atomic mass is 35.5. The third-order valence-corrected chi connectivity index (χ3v) is 4.93. The molecule has 0 saturated carbocycles. The smallest absolute Gasteiger partial charge is 0.238 e. The van der Waals surface area contributed by atoms with Crippen LogP contribution in [0.15, 0.2) is 18.2 Å². The van der Waals surface area contributed by atoms with Gasteiger partial charge < -0.3 is 10.6 Å². The number of nitrogens with one attached hydrogen (secondary N) is 2. The number of benzene rings is 1. The molecule has 22 heavy (non-hydrogen) atoms. The molecule has 0 aromatic heterocycles. The molecule has 2 atom stereocenters. The van der Waals surface area contributed by atoms with Crippen molar-refractivity contribution in [1.29, 1.82) is 0 Å². The van der Waals surface area contributed by atoms with Crippen molar-refractivity contribution in [3.63, 3.8) is 0 Å². The average molecular weight is 344 g/mol. The van der Waals surface area contributed by atoms with Crippen LogP contribution in [-0.4, -0.2) is 42.5 Å². The summed E-state index contributed by atoms with van der Waals surface area (Å²) in [6.07, 6.45) is 3.66. The predicted molar refractivity (Wildman–Crippen MR) is 93.1 cm³/mol. The maximum absolute atomic E-state index is 12.2. The van der Waals surface area contributed by atoms with Gasteiger partial charge in [0.05, 0.1) is 6.54 Å². The van der Waals surface area contributed by atoms with Gasteiger partial charge in [0.15, 0.2) is 0 Å². The van der Waals surface area contributed by atoms with Crippen molar-refractivity contribution in [2.24, 2.45) is 0 Å². The van der Waals surface area contributed by atoms with Crippen LogP contribution < -0.4 is 10.6 Å². The third kappa shape index (κ3) is 4.13. The first-order valence-corrected chi connectivity index (χ1v) is 8.03. The van der Waals surface area contributed by atoms with Gasteiger partial charge in [-0.05, 0) is 43.9 Å². The number of hydrogen-bond acceptors (Lipinski definition) is 3. The molecular formula is C16H23Cl2N3O. The molecule has 0 radical (unpaired) electrons. The molecule has 2 fully saturated rings. The third-order valence-electron chi connectivity index (χ3n) is 4.52. The summed E-state index contributed by atoms with van der Waals surface area (Å²) >= 11 is 6.08. The molecule has 2 saturated heterocycles. The SMILES string of the molecule is Cc1c(Cl)cccc1NC(=O)CN1CCC2CCC(C1)N2.Cl. The van der Waals surface area contributed by atoms with E-state index in [9.17, 15) is 4.79 Å². The zero-order valence-corrected chi connectivity index (χ0v) is 14.3. The van der Waals surface area contributed by atoms with Gasteiger partial charge in [0.25, 0.3) is 0 Å². The number of anilines is 1. The summed E-state index contributed by atoms with van der Waals surface area (Å²) < 4.78 is 0. The lowest BCUT2D eigenvalue weighted by Gasteiger charge is -2.23. The number of amides is 1. The second-order valence-corrected chi connectivity index (χ2v) is 6.53. The van der Waals surface area contributed by atoms with E-state index in [4.69, 9.17) is 11.6 Å². The summed E-state index contributed by atoms with van der Waals surface area (Å²) in [5.41, 5.74) is 1.73. The van der Waals surface area contributed by atoms with E-state index in [1.165, 1.54) is 12.8 Å². The molecule has 2 heterocycles. The van der Waals surface area contributed by atoms with Crippen molar-refractivity contribution in [2.45, 2.75) is 38.3 Å². The van der Waals surface area contributed by atoms with Gasteiger partial charge in [-0.2, -0.15) is 0 Å². The van der Waals surface area contributed by atoms with Crippen LogP contribution in [0.3, 0.4) is 0 Å². The van der Waals surface area contributed by atoms with Gasteiger partial charge in [0.1, 0.15) is 0 Å². The van der Waals surface area contributed by atoms with Crippen LogP contribution in [0.25, 0.3) is 0 Å². The fourth-order valence-electron chi connectivity index (χ4n) is 3.29. The first-order chi connectivity index (χ1) is 10.1. The number of fused-ring (bicyclic) bond motifs is 2. The Morgan fingerprint density at radius 3 is 2.95 bits per heavy atom. The monoisotopic (exact) mass is 343 g/mol. The van der Waals surface area contributed by atoms with Crippen molar-refractivity contribution in [2.75, 3.05) is 25.0 Å². The maximum atomic E-state index is 12.2. The Morgan fingerprint density at radius 1 is 1.36 bits per heavy atom. The van der Waals surface area contributed by atoms with E-state index < -0.39 is 0 Å². The standard InChI is InChI=1S/C16H22ClN3O.ClH/c1-11-14(17)3-2-4-15(11)19-16(21)10-20-8-7-12-5-6-13(9-20)18-12;/h2-4,12-13,18H,5-10H2,1H3,(H,19,21);1H. The van der Waals surface area contributed by atoms with Crippen LogP contribution in [-0.2, 0) is 4.79 Å². The van der Waals surface area contributed by atoms with Gasteiger partial charge in [-0.3, -0.25) is 9.69 Å². The fourth-order valence-corrected chi connectivity index (χ4v) is 3.47. The lowest BCUT2D eigenvalue weighted by atomic mass is 10.1. The molecule has 4 nitrogen and oxygen atoms in total. The second-order valence-electron chi connectivity index (χ2n) is 6.12. The highest BCUT2D eigenvalue weighted by Gasteiger charge is 2.29. The van der Waals surface area contributed by atoms with E-state index in [1.807, 2.05) is 25.1 Å². The molecule has 1 aromatic carbocycles. The molecular weight excluding hydrogens is 321 g/mol. The summed E-state index contributed by atoms with van der Waals surface area (Å²) in [7, 11) is 0. The fraction of sp³-hybridized carbons (Fsp3) is 0.562. The molecule has 0 spiro atoms. The highest BCUT2D eigenvalue weighted by molar-refractivity contribution is 6.31. The van der Waals surface area contributed by atoms with Crippen molar-refractivity contribution < 1.29 is 4.79 Å². The quantitative estimate of drug-likeness (QED) is 0.886. The second kappa shape index (κ2) is 7.64. The minimum absolute atomic E-state index is 0. The summed E-state index contributed by atoms with van der Waals surface area (Å²) in [5, 5.41) is 7.29. The summed E-state index contributed by atoms with van der Waals surface area (Å²) in [6.45, 7) is 4.35. The van der Waals surface area contributed by atoms with Crippen LogP contribution in [0.5, 0.6) is 0 Å². The lowest BCUT2D eigenvalue weighted by molar-refractivity contribution is -0.117. The molecule has 3 rings (SSSR count). The Labute approximate surface area is 143 Å². The van der Waals surface area contributed by atoms with Crippen molar-refractivity contribution in [1.82, 2.24) is 10.2 Å². The number of rotatable bonds is 3. The Morgan fingerprint density at radius 2 is 2.14 bits per heavy atom. The molecule has 2 N–H and O–H groups in total. The summed E-state index contributed by atoms with van der Waals surface area (Å²) in [6, 6.07) is 6.80. The number of halogens is 2. The van der Waals surface area contributed by atoms with Crippen LogP contribution >= 0.6 is 24.0 Å². The molecule has 2 aliphatic heterocycles. The number of nitrogens with zero attached hydrogens (tertiary/aromatic N) is 1. The number of carbonyl (C=O) groups excluding carboxylic acids is 1. The Balaban J connectivity index is 0.00000176. The molecule has 122 valence electrons.